The molecule has 5 heteroatoms. The summed E-state index contributed by atoms with van der Waals surface area (Å²) < 4.78 is 0. The minimum absolute atomic E-state index is 0.147. The summed E-state index contributed by atoms with van der Waals surface area (Å²) in [6.45, 7) is 1.91. The van der Waals surface area contributed by atoms with E-state index in [1.807, 2.05) is 43.3 Å². The second kappa shape index (κ2) is 6.26. The van der Waals surface area contributed by atoms with Crippen molar-refractivity contribution in [3.8, 4) is 0 Å². The maximum Gasteiger partial charge on any atom is 0.230 e. The summed E-state index contributed by atoms with van der Waals surface area (Å²) in [5, 5.41) is 4.41. The molecule has 0 spiro atoms. The van der Waals surface area contributed by atoms with Crippen LogP contribution in [0.4, 0.5) is 11.4 Å². The Hall–Kier alpha value is -2.59. The molecule has 0 saturated heterocycles. The molecule has 3 N–H and O–H groups in total. The zero-order chi connectivity index (χ0) is 16.4. The van der Waals surface area contributed by atoms with Gasteiger partial charge in [0.25, 0.3) is 0 Å². The van der Waals surface area contributed by atoms with Gasteiger partial charge in [-0.3, -0.25) is 9.78 Å². The fraction of sp³-hybridized carbons (Fsp3) is 0.111. The molecule has 23 heavy (non-hydrogen) atoms. The molecule has 3 aromatic rings. The van der Waals surface area contributed by atoms with Gasteiger partial charge in [-0.05, 0) is 36.8 Å². The summed E-state index contributed by atoms with van der Waals surface area (Å²) in [7, 11) is 0. The lowest BCUT2D eigenvalue weighted by molar-refractivity contribution is -0.115. The Kier molecular flexibility index (Phi) is 4.17. The second-order valence-corrected chi connectivity index (χ2v) is 5.82. The number of pyridine rings is 1. The Bertz CT molecular complexity index is 893. The maximum absolute atomic E-state index is 12.2. The topological polar surface area (TPSA) is 68.0 Å². The van der Waals surface area contributed by atoms with Crippen molar-refractivity contribution in [3.63, 3.8) is 0 Å². The number of hydrogen-bond acceptors (Lipinski definition) is 3. The van der Waals surface area contributed by atoms with Crippen LogP contribution in [0.15, 0.2) is 48.5 Å². The number of carbonyl (C=O) groups excluding carboxylic acids is 1. The van der Waals surface area contributed by atoms with E-state index in [2.05, 4.69) is 10.3 Å². The highest BCUT2D eigenvalue weighted by molar-refractivity contribution is 6.31. The van der Waals surface area contributed by atoms with Gasteiger partial charge >= 0.3 is 0 Å². The summed E-state index contributed by atoms with van der Waals surface area (Å²) >= 11 is 6.06. The van der Waals surface area contributed by atoms with Gasteiger partial charge in [-0.2, -0.15) is 0 Å². The van der Waals surface area contributed by atoms with Gasteiger partial charge in [0.15, 0.2) is 0 Å². The van der Waals surface area contributed by atoms with Crippen molar-refractivity contribution in [2.24, 2.45) is 0 Å². The highest BCUT2D eigenvalue weighted by Gasteiger charge is 2.08. The SMILES string of the molecule is Cc1ccc(NC(=O)Cc2ccc3cccc(N)c3n2)cc1Cl. The first kappa shape index (κ1) is 15.3. The number of fused-ring (bicyclic) bond motifs is 1. The molecule has 0 saturated carbocycles. The third kappa shape index (κ3) is 3.43. The van der Waals surface area contributed by atoms with E-state index in [4.69, 9.17) is 17.3 Å². The lowest BCUT2D eigenvalue weighted by Gasteiger charge is -2.08. The fourth-order valence-electron chi connectivity index (χ4n) is 2.35. The lowest BCUT2D eigenvalue weighted by Crippen LogP contribution is -2.15. The molecule has 0 bridgehead atoms. The summed E-state index contributed by atoms with van der Waals surface area (Å²) in [4.78, 5) is 16.6. The number of nitrogens with two attached hydrogens (primary N) is 1. The highest BCUT2D eigenvalue weighted by atomic mass is 35.5. The predicted octanol–water partition coefficient (Wildman–Crippen LogP) is 3.96. The van der Waals surface area contributed by atoms with Gasteiger partial charge in [0.1, 0.15) is 0 Å². The molecule has 0 atom stereocenters. The second-order valence-electron chi connectivity index (χ2n) is 5.41. The molecule has 0 aliphatic heterocycles. The largest absolute Gasteiger partial charge is 0.397 e. The molecule has 0 aliphatic carbocycles. The average molecular weight is 326 g/mol. The van der Waals surface area contributed by atoms with Crippen molar-refractivity contribution in [3.05, 3.63) is 64.8 Å². The zero-order valence-corrected chi connectivity index (χ0v) is 13.4. The van der Waals surface area contributed by atoms with Crippen LogP contribution in [0, 0.1) is 6.92 Å². The molecule has 2 aromatic carbocycles. The van der Waals surface area contributed by atoms with Gasteiger partial charge in [-0.15, -0.1) is 0 Å². The first-order chi connectivity index (χ1) is 11.0. The normalized spacial score (nSPS) is 10.7. The van der Waals surface area contributed by atoms with Crippen molar-refractivity contribution < 1.29 is 4.79 Å². The number of rotatable bonds is 3. The van der Waals surface area contributed by atoms with E-state index in [-0.39, 0.29) is 12.3 Å². The Balaban J connectivity index is 1.77. The van der Waals surface area contributed by atoms with E-state index in [9.17, 15) is 4.79 Å². The first-order valence-electron chi connectivity index (χ1n) is 7.23. The smallest absolute Gasteiger partial charge is 0.230 e. The summed E-state index contributed by atoms with van der Waals surface area (Å²) in [5.74, 6) is -0.147. The molecular weight excluding hydrogens is 310 g/mol. The molecule has 116 valence electrons. The van der Waals surface area contributed by atoms with Gasteiger partial charge in [-0.1, -0.05) is 35.9 Å². The van der Waals surface area contributed by atoms with Crippen molar-refractivity contribution in [1.82, 2.24) is 4.98 Å². The summed E-state index contributed by atoms with van der Waals surface area (Å²) in [6, 6.07) is 14.8. The van der Waals surface area contributed by atoms with E-state index in [0.29, 0.717) is 22.1 Å². The van der Waals surface area contributed by atoms with Crippen LogP contribution >= 0.6 is 11.6 Å². The number of carbonyl (C=O) groups is 1. The van der Waals surface area contributed by atoms with Crippen LogP contribution in [0.25, 0.3) is 10.9 Å². The summed E-state index contributed by atoms with van der Waals surface area (Å²) in [5.41, 5.74) is 9.57. The van der Waals surface area contributed by atoms with E-state index < -0.39 is 0 Å². The molecule has 0 unspecified atom stereocenters. The van der Waals surface area contributed by atoms with Gasteiger partial charge in [-0.25, -0.2) is 0 Å². The minimum Gasteiger partial charge on any atom is -0.397 e. The number of aryl methyl sites for hydroxylation is 1. The van der Waals surface area contributed by atoms with Gasteiger partial charge in [0, 0.05) is 16.1 Å². The quantitative estimate of drug-likeness (QED) is 0.716. The number of nitrogens with zero attached hydrogens (tertiary/aromatic N) is 1. The third-order valence-corrected chi connectivity index (χ3v) is 4.01. The van der Waals surface area contributed by atoms with Crippen LogP contribution in [-0.2, 0) is 11.2 Å². The molecule has 0 aliphatic rings. The lowest BCUT2D eigenvalue weighted by atomic mass is 10.1. The number of aromatic nitrogens is 1. The molecule has 3 rings (SSSR count). The number of amides is 1. The van der Waals surface area contributed by atoms with Crippen LogP contribution in [0.5, 0.6) is 0 Å². The molecule has 1 aromatic heterocycles. The molecule has 1 amide bonds. The third-order valence-electron chi connectivity index (χ3n) is 3.61. The van der Waals surface area contributed by atoms with Gasteiger partial charge < -0.3 is 11.1 Å². The van der Waals surface area contributed by atoms with Crippen molar-refractivity contribution in [2.75, 3.05) is 11.1 Å². The number of halogens is 1. The Morgan fingerprint density at radius 2 is 2.04 bits per heavy atom. The van der Waals surface area contributed by atoms with E-state index in [1.165, 1.54) is 0 Å². The van der Waals surface area contributed by atoms with Crippen LogP contribution in [0.2, 0.25) is 5.02 Å². The van der Waals surface area contributed by atoms with E-state index >= 15 is 0 Å². The number of nitrogen functional groups attached to an aromatic ring is 1. The molecule has 0 fully saturated rings. The van der Waals surface area contributed by atoms with E-state index in [0.717, 1.165) is 16.5 Å². The summed E-state index contributed by atoms with van der Waals surface area (Å²) in [6.07, 6.45) is 0.176. The number of hydrogen-bond donors (Lipinski definition) is 2. The molecule has 4 nitrogen and oxygen atoms in total. The number of anilines is 2. The Labute approximate surface area is 139 Å². The number of benzene rings is 2. The maximum atomic E-state index is 12.2. The van der Waals surface area contributed by atoms with Crippen LogP contribution in [0.3, 0.4) is 0 Å². The Morgan fingerprint density at radius 3 is 2.83 bits per heavy atom. The van der Waals surface area contributed by atoms with E-state index in [1.54, 1.807) is 12.1 Å². The molecule has 0 radical (unpaired) electrons. The zero-order valence-electron chi connectivity index (χ0n) is 12.6. The fourth-order valence-corrected chi connectivity index (χ4v) is 2.53. The van der Waals surface area contributed by atoms with Gasteiger partial charge in [0.05, 0.1) is 23.3 Å². The monoisotopic (exact) mass is 325 g/mol. The number of para-hydroxylation sites is 1. The molecular formula is C18H16ClN3O. The van der Waals surface area contributed by atoms with Crippen LogP contribution in [-0.4, -0.2) is 10.9 Å². The minimum atomic E-state index is -0.147. The van der Waals surface area contributed by atoms with Gasteiger partial charge in [0.2, 0.25) is 5.91 Å². The standard InChI is InChI=1S/C18H16ClN3O/c1-11-5-7-13(9-15(11)19)21-17(23)10-14-8-6-12-3-2-4-16(20)18(12)22-14/h2-9H,10,20H2,1H3,(H,21,23). The number of nitrogens with one attached hydrogen (secondary N) is 1. The first-order valence-corrected chi connectivity index (χ1v) is 7.61. The predicted molar refractivity (Wildman–Crippen MR) is 94.7 cm³/mol. The molecule has 1 heterocycles. The van der Waals surface area contributed by atoms with Crippen molar-refractivity contribution in [1.29, 1.82) is 0 Å². The van der Waals surface area contributed by atoms with Crippen molar-refractivity contribution in [2.45, 2.75) is 13.3 Å². The Morgan fingerprint density at radius 1 is 1.22 bits per heavy atom. The van der Waals surface area contributed by atoms with Crippen LogP contribution in [0.1, 0.15) is 11.3 Å². The van der Waals surface area contributed by atoms with Crippen LogP contribution < -0.4 is 11.1 Å². The average Bonchev–Trinajstić information content (AvgIpc) is 2.52. The highest BCUT2D eigenvalue weighted by Crippen LogP contribution is 2.21. The van der Waals surface area contributed by atoms with Crippen molar-refractivity contribution >= 4 is 39.8 Å².